The Balaban J connectivity index is 0.00000128. The Labute approximate surface area is 105 Å². The monoisotopic (exact) mass is 261 g/mol. The van der Waals surface area contributed by atoms with E-state index in [2.05, 4.69) is 10.3 Å². The Hall–Kier alpha value is -0.650. The standard InChI is InChI=1S/C10H15N3OS.ClH/c1-6-5-15-10(12-6)13-9(14)7-3-2-4-8(7)11;/h5,7-8H,2-4,11H2,1H3,(H,12,13,14);1H. The van der Waals surface area contributed by atoms with Crippen molar-refractivity contribution < 1.29 is 4.79 Å². The Morgan fingerprint density at radius 3 is 2.88 bits per heavy atom. The van der Waals surface area contributed by atoms with Crippen LogP contribution < -0.4 is 11.1 Å². The van der Waals surface area contributed by atoms with Crippen molar-refractivity contribution in [1.82, 2.24) is 4.98 Å². The van der Waals surface area contributed by atoms with Gasteiger partial charge in [-0.1, -0.05) is 6.42 Å². The van der Waals surface area contributed by atoms with E-state index in [1.165, 1.54) is 11.3 Å². The Bertz CT molecular complexity index is 369. The fourth-order valence-corrected chi connectivity index (χ4v) is 2.61. The molecule has 4 nitrogen and oxygen atoms in total. The molecule has 1 amide bonds. The molecule has 0 radical (unpaired) electrons. The van der Waals surface area contributed by atoms with Gasteiger partial charge in [0.1, 0.15) is 0 Å². The smallest absolute Gasteiger partial charge is 0.230 e. The lowest BCUT2D eigenvalue weighted by Crippen LogP contribution is -2.34. The fourth-order valence-electron chi connectivity index (χ4n) is 1.92. The summed E-state index contributed by atoms with van der Waals surface area (Å²) in [6, 6.07) is 0.0195. The van der Waals surface area contributed by atoms with Gasteiger partial charge in [-0.3, -0.25) is 4.79 Å². The van der Waals surface area contributed by atoms with Crippen molar-refractivity contribution in [2.75, 3.05) is 5.32 Å². The van der Waals surface area contributed by atoms with Crippen molar-refractivity contribution in [3.63, 3.8) is 0 Å². The molecule has 2 atom stereocenters. The van der Waals surface area contributed by atoms with Crippen molar-refractivity contribution in [3.8, 4) is 0 Å². The first-order valence-corrected chi connectivity index (χ1v) is 6.03. The molecule has 1 aromatic heterocycles. The maximum absolute atomic E-state index is 11.8. The number of carbonyl (C=O) groups excluding carboxylic acids is 1. The number of nitrogens with one attached hydrogen (secondary N) is 1. The number of thiazole rings is 1. The average Bonchev–Trinajstić information content (AvgIpc) is 2.75. The summed E-state index contributed by atoms with van der Waals surface area (Å²) in [6.45, 7) is 1.91. The number of hydrogen-bond donors (Lipinski definition) is 2. The highest BCUT2D eigenvalue weighted by Crippen LogP contribution is 2.25. The van der Waals surface area contributed by atoms with Gasteiger partial charge in [0, 0.05) is 11.4 Å². The van der Waals surface area contributed by atoms with Crippen LogP contribution in [0, 0.1) is 12.8 Å². The largest absolute Gasteiger partial charge is 0.327 e. The van der Waals surface area contributed by atoms with Gasteiger partial charge in [-0.25, -0.2) is 4.98 Å². The van der Waals surface area contributed by atoms with Crippen LogP contribution in [0.3, 0.4) is 0 Å². The summed E-state index contributed by atoms with van der Waals surface area (Å²) in [5.74, 6) is -0.0106. The van der Waals surface area contributed by atoms with Crippen LogP contribution >= 0.6 is 23.7 Å². The molecule has 3 N–H and O–H groups in total. The predicted octanol–water partition coefficient (Wildman–Crippen LogP) is 1.94. The number of nitrogens with zero attached hydrogens (tertiary/aromatic N) is 1. The van der Waals surface area contributed by atoms with Gasteiger partial charge >= 0.3 is 0 Å². The third-order valence-corrected chi connectivity index (χ3v) is 3.63. The number of nitrogens with two attached hydrogens (primary N) is 1. The Morgan fingerprint density at radius 2 is 2.38 bits per heavy atom. The van der Waals surface area contributed by atoms with Crippen LogP contribution in [0.25, 0.3) is 0 Å². The van der Waals surface area contributed by atoms with Crippen LogP contribution in [0.15, 0.2) is 5.38 Å². The van der Waals surface area contributed by atoms with Crippen molar-refractivity contribution in [3.05, 3.63) is 11.1 Å². The first-order valence-electron chi connectivity index (χ1n) is 5.15. The van der Waals surface area contributed by atoms with E-state index in [4.69, 9.17) is 5.73 Å². The second kappa shape index (κ2) is 5.61. The van der Waals surface area contributed by atoms with Gasteiger partial charge in [-0.2, -0.15) is 0 Å². The SMILES string of the molecule is Cc1csc(NC(=O)C2CCCC2N)n1.Cl. The lowest BCUT2D eigenvalue weighted by atomic mass is 10.0. The molecule has 16 heavy (non-hydrogen) atoms. The van der Waals surface area contributed by atoms with Crippen LogP contribution in [0.2, 0.25) is 0 Å². The summed E-state index contributed by atoms with van der Waals surface area (Å²) in [5, 5.41) is 5.42. The topological polar surface area (TPSA) is 68.0 Å². The molecule has 6 heteroatoms. The van der Waals surface area contributed by atoms with Gasteiger partial charge in [0.2, 0.25) is 5.91 Å². The fraction of sp³-hybridized carbons (Fsp3) is 0.600. The maximum atomic E-state index is 11.8. The van der Waals surface area contributed by atoms with E-state index in [1.807, 2.05) is 12.3 Å². The molecule has 2 unspecified atom stereocenters. The molecule has 1 aromatic rings. The maximum Gasteiger partial charge on any atom is 0.230 e. The van der Waals surface area contributed by atoms with Gasteiger partial charge in [-0.15, -0.1) is 23.7 Å². The highest BCUT2D eigenvalue weighted by atomic mass is 35.5. The molecular formula is C10H16ClN3OS. The zero-order valence-electron chi connectivity index (χ0n) is 9.10. The summed E-state index contributed by atoms with van der Waals surface area (Å²) in [6.07, 6.45) is 2.91. The summed E-state index contributed by atoms with van der Waals surface area (Å²) in [5.41, 5.74) is 6.80. The number of aryl methyl sites for hydroxylation is 1. The lowest BCUT2D eigenvalue weighted by molar-refractivity contribution is -0.120. The molecule has 90 valence electrons. The quantitative estimate of drug-likeness (QED) is 0.855. The van der Waals surface area contributed by atoms with E-state index >= 15 is 0 Å². The minimum Gasteiger partial charge on any atom is -0.327 e. The van der Waals surface area contributed by atoms with Crippen LogP contribution in [0.5, 0.6) is 0 Å². The molecule has 0 saturated heterocycles. The van der Waals surface area contributed by atoms with Gasteiger partial charge in [0.15, 0.2) is 5.13 Å². The minimum absolute atomic E-state index is 0. The van der Waals surface area contributed by atoms with Crippen molar-refractivity contribution in [2.45, 2.75) is 32.2 Å². The van der Waals surface area contributed by atoms with Gasteiger partial charge < -0.3 is 11.1 Å². The van der Waals surface area contributed by atoms with E-state index in [0.29, 0.717) is 5.13 Å². The third kappa shape index (κ3) is 2.93. The third-order valence-electron chi connectivity index (χ3n) is 2.76. The highest BCUT2D eigenvalue weighted by molar-refractivity contribution is 7.13. The number of aromatic nitrogens is 1. The van der Waals surface area contributed by atoms with Gasteiger partial charge in [0.05, 0.1) is 11.6 Å². The van der Waals surface area contributed by atoms with E-state index in [-0.39, 0.29) is 30.3 Å². The molecule has 1 aliphatic rings. The summed E-state index contributed by atoms with van der Waals surface area (Å²) < 4.78 is 0. The molecule has 0 spiro atoms. The summed E-state index contributed by atoms with van der Waals surface area (Å²) >= 11 is 1.45. The molecule has 1 heterocycles. The van der Waals surface area contributed by atoms with E-state index in [9.17, 15) is 4.79 Å². The molecule has 1 aliphatic carbocycles. The number of halogens is 1. The summed E-state index contributed by atoms with van der Waals surface area (Å²) in [4.78, 5) is 16.0. The molecule has 1 fully saturated rings. The first-order chi connectivity index (χ1) is 7.16. The number of rotatable bonds is 2. The van der Waals surface area contributed by atoms with Crippen LogP contribution in [-0.2, 0) is 4.79 Å². The first kappa shape index (κ1) is 13.4. The van der Waals surface area contributed by atoms with Crippen molar-refractivity contribution >= 4 is 34.8 Å². The number of amides is 1. The zero-order valence-corrected chi connectivity index (χ0v) is 10.7. The highest BCUT2D eigenvalue weighted by Gasteiger charge is 2.30. The second-order valence-corrected chi connectivity index (χ2v) is 4.84. The predicted molar refractivity (Wildman–Crippen MR) is 68.0 cm³/mol. The zero-order chi connectivity index (χ0) is 10.8. The summed E-state index contributed by atoms with van der Waals surface area (Å²) in [7, 11) is 0. The van der Waals surface area contributed by atoms with E-state index in [1.54, 1.807) is 0 Å². The lowest BCUT2D eigenvalue weighted by Gasteiger charge is -2.13. The number of hydrogen-bond acceptors (Lipinski definition) is 4. The van der Waals surface area contributed by atoms with Crippen molar-refractivity contribution in [1.29, 1.82) is 0 Å². The van der Waals surface area contributed by atoms with Gasteiger partial charge in [0.25, 0.3) is 0 Å². The molecule has 0 bridgehead atoms. The molecule has 0 aliphatic heterocycles. The number of carbonyl (C=O) groups is 1. The van der Waals surface area contributed by atoms with Crippen LogP contribution in [0.4, 0.5) is 5.13 Å². The van der Waals surface area contributed by atoms with Crippen molar-refractivity contribution in [2.24, 2.45) is 11.7 Å². The van der Waals surface area contributed by atoms with E-state index < -0.39 is 0 Å². The molecule has 1 saturated carbocycles. The van der Waals surface area contributed by atoms with Crippen LogP contribution in [-0.4, -0.2) is 16.9 Å². The number of anilines is 1. The van der Waals surface area contributed by atoms with Gasteiger partial charge in [-0.05, 0) is 19.8 Å². The second-order valence-electron chi connectivity index (χ2n) is 3.98. The normalized spacial score (nSPS) is 23.9. The van der Waals surface area contributed by atoms with Crippen LogP contribution in [0.1, 0.15) is 25.0 Å². The van der Waals surface area contributed by atoms with E-state index in [0.717, 1.165) is 25.0 Å². The minimum atomic E-state index is -0.0331. The average molecular weight is 262 g/mol. The molecule has 0 aromatic carbocycles. The molecular weight excluding hydrogens is 246 g/mol. The Kier molecular flexibility index (Phi) is 4.70. The molecule has 2 rings (SSSR count). The Morgan fingerprint density at radius 1 is 1.62 bits per heavy atom.